The number of piperidine rings is 1. The molecule has 1 aliphatic rings. The normalized spacial score (nSPS) is 15.7. The summed E-state index contributed by atoms with van der Waals surface area (Å²) in [5, 5.41) is 11.7. The maximum Gasteiger partial charge on any atom is 0.251 e. The first-order chi connectivity index (χ1) is 9.29. The lowest BCUT2D eigenvalue weighted by atomic mass is 10.1. The maximum absolute atomic E-state index is 11.9. The third kappa shape index (κ3) is 4.08. The molecular formula is C15H19N3O. The van der Waals surface area contributed by atoms with Gasteiger partial charge in [0.2, 0.25) is 0 Å². The van der Waals surface area contributed by atoms with Crippen LogP contribution in [0, 0.1) is 11.3 Å². The lowest BCUT2D eigenvalue weighted by Gasteiger charge is -2.26. The van der Waals surface area contributed by atoms with Gasteiger partial charge in [0, 0.05) is 18.7 Å². The molecule has 2 rings (SSSR count). The highest BCUT2D eigenvalue weighted by Gasteiger charge is 2.10. The standard InChI is InChI=1S/C15H19N3O/c16-12-13-5-4-6-14(11-13)15(19)17-7-10-18-8-2-1-3-9-18/h4-6,11H,1-3,7-10H2,(H,17,19). The molecule has 0 saturated carbocycles. The second-order valence-corrected chi connectivity index (χ2v) is 4.85. The molecule has 0 unspecified atom stereocenters. The van der Waals surface area contributed by atoms with E-state index in [-0.39, 0.29) is 5.91 Å². The van der Waals surface area contributed by atoms with Gasteiger partial charge in [0.15, 0.2) is 0 Å². The minimum atomic E-state index is -0.103. The van der Waals surface area contributed by atoms with Crippen molar-refractivity contribution in [1.82, 2.24) is 10.2 Å². The molecule has 0 bridgehead atoms. The van der Waals surface area contributed by atoms with Crippen molar-refractivity contribution in [2.24, 2.45) is 0 Å². The lowest BCUT2D eigenvalue weighted by molar-refractivity contribution is 0.0946. The van der Waals surface area contributed by atoms with Gasteiger partial charge in [-0.25, -0.2) is 0 Å². The van der Waals surface area contributed by atoms with Gasteiger partial charge in [0.05, 0.1) is 11.6 Å². The number of carbonyl (C=O) groups is 1. The SMILES string of the molecule is N#Cc1cccc(C(=O)NCCN2CCCCC2)c1. The average Bonchev–Trinajstić information content (AvgIpc) is 2.48. The second kappa shape index (κ2) is 6.91. The number of hydrogen-bond acceptors (Lipinski definition) is 3. The van der Waals surface area contributed by atoms with Crippen LogP contribution >= 0.6 is 0 Å². The van der Waals surface area contributed by atoms with Crippen LogP contribution in [0.4, 0.5) is 0 Å². The molecule has 19 heavy (non-hydrogen) atoms. The molecule has 0 aromatic heterocycles. The summed E-state index contributed by atoms with van der Waals surface area (Å²) in [5.41, 5.74) is 1.07. The van der Waals surface area contributed by atoms with Crippen molar-refractivity contribution < 1.29 is 4.79 Å². The molecule has 1 saturated heterocycles. The minimum absolute atomic E-state index is 0.103. The number of nitrogens with zero attached hydrogens (tertiary/aromatic N) is 2. The smallest absolute Gasteiger partial charge is 0.251 e. The molecule has 100 valence electrons. The molecule has 1 amide bonds. The van der Waals surface area contributed by atoms with Gasteiger partial charge in [0.25, 0.3) is 5.91 Å². The van der Waals surface area contributed by atoms with Gasteiger partial charge in [-0.2, -0.15) is 5.26 Å². The number of hydrogen-bond donors (Lipinski definition) is 1. The highest BCUT2D eigenvalue weighted by molar-refractivity contribution is 5.94. The summed E-state index contributed by atoms with van der Waals surface area (Å²) >= 11 is 0. The van der Waals surface area contributed by atoms with E-state index < -0.39 is 0 Å². The zero-order chi connectivity index (χ0) is 13.5. The predicted octanol–water partition coefficient (Wildman–Crippen LogP) is 1.77. The largest absolute Gasteiger partial charge is 0.351 e. The Morgan fingerprint density at radius 2 is 2.11 bits per heavy atom. The fraction of sp³-hybridized carbons (Fsp3) is 0.467. The molecular weight excluding hydrogens is 238 g/mol. The zero-order valence-electron chi connectivity index (χ0n) is 11.1. The molecule has 1 N–H and O–H groups in total. The van der Waals surface area contributed by atoms with Crippen molar-refractivity contribution >= 4 is 5.91 Å². The second-order valence-electron chi connectivity index (χ2n) is 4.85. The van der Waals surface area contributed by atoms with Crippen molar-refractivity contribution in [1.29, 1.82) is 5.26 Å². The van der Waals surface area contributed by atoms with Gasteiger partial charge in [-0.3, -0.25) is 4.79 Å². The van der Waals surface area contributed by atoms with Crippen LogP contribution in [0.5, 0.6) is 0 Å². The van der Waals surface area contributed by atoms with Crippen LogP contribution in [0.15, 0.2) is 24.3 Å². The number of carbonyl (C=O) groups excluding carboxylic acids is 1. The fourth-order valence-electron chi connectivity index (χ4n) is 2.34. The van der Waals surface area contributed by atoms with Gasteiger partial charge in [0.1, 0.15) is 0 Å². The van der Waals surface area contributed by atoms with E-state index in [1.54, 1.807) is 24.3 Å². The molecule has 0 radical (unpaired) electrons. The molecule has 0 spiro atoms. The van der Waals surface area contributed by atoms with Gasteiger partial charge < -0.3 is 10.2 Å². The first kappa shape index (κ1) is 13.6. The van der Waals surface area contributed by atoms with Crippen molar-refractivity contribution in [3.05, 3.63) is 35.4 Å². The first-order valence-electron chi connectivity index (χ1n) is 6.80. The van der Waals surface area contributed by atoms with Gasteiger partial charge >= 0.3 is 0 Å². The third-order valence-electron chi connectivity index (χ3n) is 3.42. The van der Waals surface area contributed by atoms with E-state index in [9.17, 15) is 4.79 Å². The lowest BCUT2D eigenvalue weighted by Crippen LogP contribution is -2.37. The summed E-state index contributed by atoms with van der Waals surface area (Å²) in [5.74, 6) is -0.103. The summed E-state index contributed by atoms with van der Waals surface area (Å²) in [4.78, 5) is 14.3. The zero-order valence-corrected chi connectivity index (χ0v) is 11.1. The molecule has 0 aliphatic carbocycles. The molecule has 1 heterocycles. The van der Waals surface area contributed by atoms with E-state index in [0.717, 1.165) is 19.6 Å². The third-order valence-corrected chi connectivity index (χ3v) is 3.42. The average molecular weight is 257 g/mol. The van der Waals surface area contributed by atoms with Crippen molar-refractivity contribution in [3.63, 3.8) is 0 Å². The Labute approximate surface area is 114 Å². The number of nitrogens with one attached hydrogen (secondary N) is 1. The maximum atomic E-state index is 11.9. The van der Waals surface area contributed by atoms with Crippen LogP contribution in [0.3, 0.4) is 0 Å². The Balaban J connectivity index is 1.79. The Kier molecular flexibility index (Phi) is 4.93. The minimum Gasteiger partial charge on any atom is -0.351 e. The van der Waals surface area contributed by atoms with Crippen LogP contribution < -0.4 is 5.32 Å². The highest BCUT2D eigenvalue weighted by Crippen LogP contribution is 2.07. The van der Waals surface area contributed by atoms with Crippen molar-refractivity contribution in [2.45, 2.75) is 19.3 Å². The van der Waals surface area contributed by atoms with E-state index in [1.807, 2.05) is 6.07 Å². The number of nitriles is 1. The highest BCUT2D eigenvalue weighted by atomic mass is 16.1. The van der Waals surface area contributed by atoms with E-state index in [0.29, 0.717) is 17.7 Å². The fourth-order valence-corrected chi connectivity index (χ4v) is 2.34. The Morgan fingerprint density at radius 3 is 2.84 bits per heavy atom. The molecule has 1 aliphatic heterocycles. The number of likely N-dealkylation sites (tertiary alicyclic amines) is 1. The van der Waals surface area contributed by atoms with Gasteiger partial charge in [-0.05, 0) is 44.1 Å². The summed E-state index contributed by atoms with van der Waals surface area (Å²) < 4.78 is 0. The number of rotatable bonds is 4. The van der Waals surface area contributed by atoms with E-state index in [4.69, 9.17) is 5.26 Å². The summed E-state index contributed by atoms with van der Waals surface area (Å²) in [6.45, 7) is 3.85. The predicted molar refractivity (Wildman–Crippen MR) is 73.8 cm³/mol. The van der Waals surface area contributed by atoms with Crippen LogP contribution in [0.2, 0.25) is 0 Å². The van der Waals surface area contributed by atoms with Crippen LogP contribution in [0.1, 0.15) is 35.2 Å². The molecule has 4 nitrogen and oxygen atoms in total. The summed E-state index contributed by atoms with van der Waals surface area (Å²) in [6, 6.07) is 8.83. The Bertz CT molecular complexity index is 473. The van der Waals surface area contributed by atoms with Crippen molar-refractivity contribution in [3.8, 4) is 6.07 Å². The van der Waals surface area contributed by atoms with E-state index >= 15 is 0 Å². The van der Waals surface area contributed by atoms with Crippen LogP contribution in [0.25, 0.3) is 0 Å². The summed E-state index contributed by atoms with van der Waals surface area (Å²) in [6.07, 6.45) is 3.85. The van der Waals surface area contributed by atoms with Gasteiger partial charge in [-0.1, -0.05) is 12.5 Å². The Hall–Kier alpha value is -1.86. The van der Waals surface area contributed by atoms with Crippen LogP contribution in [-0.2, 0) is 0 Å². The van der Waals surface area contributed by atoms with Gasteiger partial charge in [-0.15, -0.1) is 0 Å². The van der Waals surface area contributed by atoms with E-state index in [2.05, 4.69) is 10.2 Å². The molecule has 0 atom stereocenters. The topological polar surface area (TPSA) is 56.1 Å². The summed E-state index contributed by atoms with van der Waals surface area (Å²) in [7, 11) is 0. The number of amides is 1. The molecule has 1 aromatic rings. The Morgan fingerprint density at radius 1 is 1.32 bits per heavy atom. The quantitative estimate of drug-likeness (QED) is 0.894. The molecule has 1 fully saturated rings. The molecule has 4 heteroatoms. The van der Waals surface area contributed by atoms with E-state index in [1.165, 1.54) is 19.3 Å². The molecule has 1 aromatic carbocycles. The van der Waals surface area contributed by atoms with Crippen molar-refractivity contribution in [2.75, 3.05) is 26.2 Å². The monoisotopic (exact) mass is 257 g/mol. The van der Waals surface area contributed by atoms with Crippen LogP contribution in [-0.4, -0.2) is 37.0 Å². The number of benzene rings is 1. The first-order valence-corrected chi connectivity index (χ1v) is 6.80.